The molecule has 0 radical (unpaired) electrons. The zero-order chi connectivity index (χ0) is 12.4. The Bertz CT molecular complexity index is 550. The summed E-state index contributed by atoms with van der Waals surface area (Å²) in [4.78, 5) is 7.05. The number of nitrogens with zero attached hydrogens (tertiary/aromatic N) is 2. The fraction of sp³-hybridized carbons (Fsp3) is 0.357. The van der Waals surface area contributed by atoms with Gasteiger partial charge >= 0.3 is 0 Å². The Morgan fingerprint density at radius 1 is 1.22 bits per heavy atom. The van der Waals surface area contributed by atoms with Gasteiger partial charge in [0.2, 0.25) is 0 Å². The average Bonchev–Trinajstić information content (AvgIpc) is 2.47. The van der Waals surface area contributed by atoms with E-state index in [2.05, 4.69) is 34.1 Å². The van der Waals surface area contributed by atoms with Crippen LogP contribution in [-0.2, 0) is 6.54 Å². The molecule has 4 heteroatoms. The summed E-state index contributed by atoms with van der Waals surface area (Å²) in [6.07, 6.45) is 0. The van der Waals surface area contributed by atoms with Crippen LogP contribution in [0.2, 0.25) is 0 Å². The Hall–Kier alpha value is -1.26. The average molecular weight is 259 g/mol. The van der Waals surface area contributed by atoms with Crippen LogP contribution in [0.3, 0.4) is 0 Å². The third-order valence-electron chi connectivity index (χ3n) is 3.31. The van der Waals surface area contributed by atoms with Gasteiger partial charge < -0.3 is 10.6 Å². The second-order valence-electron chi connectivity index (χ2n) is 4.45. The summed E-state index contributed by atoms with van der Waals surface area (Å²) in [6.45, 7) is 2.73. The van der Waals surface area contributed by atoms with E-state index < -0.39 is 0 Å². The summed E-state index contributed by atoms with van der Waals surface area (Å²) in [5.74, 6) is 2.41. The van der Waals surface area contributed by atoms with Gasteiger partial charge in [0.05, 0.1) is 11.2 Å². The summed E-state index contributed by atoms with van der Waals surface area (Å²) in [6, 6.07) is 10.5. The topological polar surface area (TPSA) is 42.1 Å². The number of para-hydroxylation sites is 1. The first-order valence-electron chi connectivity index (χ1n) is 6.30. The Kier molecular flexibility index (Phi) is 3.39. The highest BCUT2D eigenvalue weighted by atomic mass is 32.2. The molecule has 1 aliphatic rings. The number of benzene rings is 1. The molecule has 2 N–H and O–H groups in total. The van der Waals surface area contributed by atoms with E-state index in [1.807, 2.05) is 17.8 Å². The van der Waals surface area contributed by atoms with Crippen LogP contribution in [0.15, 0.2) is 30.3 Å². The van der Waals surface area contributed by atoms with E-state index in [-0.39, 0.29) is 0 Å². The van der Waals surface area contributed by atoms with Crippen molar-refractivity contribution in [3.8, 4) is 0 Å². The van der Waals surface area contributed by atoms with Crippen molar-refractivity contribution in [2.24, 2.45) is 5.73 Å². The summed E-state index contributed by atoms with van der Waals surface area (Å²) in [5, 5.41) is 1.24. The van der Waals surface area contributed by atoms with Gasteiger partial charge in [-0.2, -0.15) is 11.8 Å². The zero-order valence-corrected chi connectivity index (χ0v) is 11.1. The Morgan fingerprint density at radius 3 is 2.78 bits per heavy atom. The van der Waals surface area contributed by atoms with Crippen LogP contribution in [0.4, 0.5) is 5.69 Å². The molecule has 0 bridgehead atoms. The molecule has 0 unspecified atom stereocenters. The number of fused-ring (bicyclic) bond motifs is 1. The second-order valence-corrected chi connectivity index (χ2v) is 5.68. The summed E-state index contributed by atoms with van der Waals surface area (Å²) in [7, 11) is 0. The molecule has 2 aromatic rings. The van der Waals surface area contributed by atoms with Gasteiger partial charge in [-0.15, -0.1) is 0 Å². The normalized spacial score (nSPS) is 16.2. The molecule has 3 rings (SSSR count). The standard InChI is InChI=1S/C14H17N3S/c15-10-11-9-14(17-5-7-18-8-6-17)12-3-1-2-4-13(12)16-11/h1-4,9H,5-8,10,15H2. The minimum absolute atomic E-state index is 0.500. The van der Waals surface area contributed by atoms with Gasteiger partial charge in [-0.3, -0.25) is 4.98 Å². The minimum Gasteiger partial charge on any atom is -0.369 e. The van der Waals surface area contributed by atoms with Gasteiger partial charge in [-0.05, 0) is 12.1 Å². The van der Waals surface area contributed by atoms with Crippen LogP contribution in [0, 0.1) is 0 Å². The van der Waals surface area contributed by atoms with E-state index >= 15 is 0 Å². The van der Waals surface area contributed by atoms with Gasteiger partial charge in [0.1, 0.15) is 0 Å². The van der Waals surface area contributed by atoms with Crippen LogP contribution in [0.5, 0.6) is 0 Å². The fourth-order valence-corrected chi connectivity index (χ4v) is 3.28. The lowest BCUT2D eigenvalue weighted by atomic mass is 10.1. The first-order valence-corrected chi connectivity index (χ1v) is 7.45. The number of hydrogen-bond acceptors (Lipinski definition) is 4. The lowest BCUT2D eigenvalue weighted by molar-refractivity contribution is 0.858. The van der Waals surface area contributed by atoms with Crippen molar-refractivity contribution < 1.29 is 0 Å². The molecular formula is C14H17N3S. The smallest absolute Gasteiger partial charge is 0.0726 e. The lowest BCUT2D eigenvalue weighted by Gasteiger charge is -2.29. The van der Waals surface area contributed by atoms with Crippen LogP contribution in [-0.4, -0.2) is 29.6 Å². The van der Waals surface area contributed by atoms with Crippen molar-refractivity contribution >= 4 is 28.4 Å². The third kappa shape index (κ3) is 2.18. The van der Waals surface area contributed by atoms with Crippen molar-refractivity contribution in [3.05, 3.63) is 36.0 Å². The molecule has 2 heterocycles. The highest BCUT2D eigenvalue weighted by Crippen LogP contribution is 2.28. The Balaban J connectivity index is 2.12. The molecule has 0 atom stereocenters. The number of aromatic nitrogens is 1. The van der Waals surface area contributed by atoms with Crippen molar-refractivity contribution in [1.82, 2.24) is 4.98 Å². The molecule has 0 aliphatic carbocycles. The van der Waals surface area contributed by atoms with E-state index in [4.69, 9.17) is 5.73 Å². The Morgan fingerprint density at radius 2 is 2.00 bits per heavy atom. The first-order chi connectivity index (χ1) is 8.88. The minimum atomic E-state index is 0.500. The third-order valence-corrected chi connectivity index (χ3v) is 4.25. The van der Waals surface area contributed by atoms with E-state index in [0.717, 1.165) is 24.3 Å². The molecule has 1 saturated heterocycles. The molecule has 18 heavy (non-hydrogen) atoms. The molecular weight excluding hydrogens is 242 g/mol. The maximum absolute atomic E-state index is 5.75. The number of nitrogens with two attached hydrogens (primary N) is 1. The van der Waals surface area contributed by atoms with Gasteiger partial charge in [0, 0.05) is 42.2 Å². The second kappa shape index (κ2) is 5.16. The van der Waals surface area contributed by atoms with E-state index in [9.17, 15) is 0 Å². The van der Waals surface area contributed by atoms with E-state index in [0.29, 0.717) is 6.54 Å². The van der Waals surface area contributed by atoms with Crippen LogP contribution < -0.4 is 10.6 Å². The highest BCUT2D eigenvalue weighted by Gasteiger charge is 2.15. The van der Waals surface area contributed by atoms with Gasteiger partial charge in [-0.25, -0.2) is 0 Å². The summed E-state index contributed by atoms with van der Waals surface area (Å²) in [5.41, 5.74) is 9.07. The Labute approximate surface area is 111 Å². The maximum atomic E-state index is 5.75. The SMILES string of the molecule is NCc1cc(N2CCSCC2)c2ccccc2n1. The number of hydrogen-bond donors (Lipinski definition) is 1. The van der Waals surface area contributed by atoms with Crippen molar-refractivity contribution in [1.29, 1.82) is 0 Å². The number of rotatable bonds is 2. The fourth-order valence-electron chi connectivity index (χ4n) is 2.38. The molecule has 0 amide bonds. The number of pyridine rings is 1. The molecule has 1 aliphatic heterocycles. The number of thioether (sulfide) groups is 1. The zero-order valence-electron chi connectivity index (χ0n) is 10.3. The van der Waals surface area contributed by atoms with E-state index in [1.54, 1.807) is 0 Å². The molecule has 1 fully saturated rings. The summed E-state index contributed by atoms with van der Waals surface area (Å²) < 4.78 is 0. The van der Waals surface area contributed by atoms with Crippen molar-refractivity contribution in [2.45, 2.75) is 6.54 Å². The van der Waals surface area contributed by atoms with E-state index in [1.165, 1.54) is 22.6 Å². The molecule has 1 aromatic heterocycles. The molecule has 0 spiro atoms. The van der Waals surface area contributed by atoms with Crippen molar-refractivity contribution in [3.63, 3.8) is 0 Å². The molecule has 3 nitrogen and oxygen atoms in total. The van der Waals surface area contributed by atoms with Gasteiger partial charge in [0.15, 0.2) is 0 Å². The van der Waals surface area contributed by atoms with Crippen LogP contribution in [0.1, 0.15) is 5.69 Å². The quantitative estimate of drug-likeness (QED) is 0.898. The largest absolute Gasteiger partial charge is 0.369 e. The molecule has 0 saturated carbocycles. The lowest BCUT2D eigenvalue weighted by Crippen LogP contribution is -2.32. The highest BCUT2D eigenvalue weighted by molar-refractivity contribution is 7.99. The van der Waals surface area contributed by atoms with Gasteiger partial charge in [-0.1, -0.05) is 18.2 Å². The monoisotopic (exact) mass is 259 g/mol. The maximum Gasteiger partial charge on any atom is 0.0726 e. The number of anilines is 1. The van der Waals surface area contributed by atoms with Gasteiger partial charge in [0.25, 0.3) is 0 Å². The predicted molar refractivity (Wildman–Crippen MR) is 79.2 cm³/mol. The summed E-state index contributed by atoms with van der Waals surface area (Å²) >= 11 is 2.03. The predicted octanol–water partition coefficient (Wildman–Crippen LogP) is 2.25. The van der Waals surface area contributed by atoms with Crippen LogP contribution >= 0.6 is 11.8 Å². The molecule has 94 valence electrons. The van der Waals surface area contributed by atoms with Crippen LogP contribution in [0.25, 0.3) is 10.9 Å². The first kappa shape index (κ1) is 11.8. The van der Waals surface area contributed by atoms with Crippen molar-refractivity contribution in [2.75, 3.05) is 29.5 Å². The molecule has 1 aromatic carbocycles.